The highest BCUT2D eigenvalue weighted by Crippen LogP contribution is 2.06. The molecule has 0 aliphatic heterocycles. The van der Waals surface area contributed by atoms with Crippen molar-refractivity contribution >= 4 is 5.97 Å². The fourth-order valence-corrected chi connectivity index (χ4v) is 0.770. The molecule has 0 spiro atoms. The average Bonchev–Trinajstić information content (AvgIpc) is 2.11. The van der Waals surface area contributed by atoms with Crippen LogP contribution in [0.15, 0.2) is 12.2 Å². The zero-order chi connectivity index (χ0) is 10.4. The summed E-state index contributed by atoms with van der Waals surface area (Å²) in [4.78, 5) is 13.2. The third-order valence-corrected chi connectivity index (χ3v) is 1.98. The Morgan fingerprint density at radius 1 is 1.54 bits per heavy atom. The van der Waals surface area contributed by atoms with E-state index in [1.54, 1.807) is 0 Å². The molecule has 0 heterocycles. The summed E-state index contributed by atoms with van der Waals surface area (Å²) in [6.45, 7) is 8.07. The summed E-state index contributed by atoms with van der Waals surface area (Å²) in [5.74, 6) is -0.289. The Morgan fingerprint density at radius 3 is 2.46 bits per heavy atom. The standard InChI is InChI=1S/C10H19NO2/c1-6-7-13-10(12)8(2)9(3)11(4)5/h9H,2,6-7H2,1,3-5H3. The zero-order valence-electron chi connectivity index (χ0n) is 8.96. The number of hydrogen-bond donors (Lipinski definition) is 0. The van der Waals surface area contributed by atoms with E-state index >= 15 is 0 Å². The van der Waals surface area contributed by atoms with E-state index in [0.29, 0.717) is 12.2 Å². The summed E-state index contributed by atoms with van der Waals surface area (Å²) in [5, 5.41) is 0. The Kier molecular flexibility index (Phi) is 5.39. The Bertz CT molecular complexity index is 187. The molecule has 1 unspecified atom stereocenters. The highest BCUT2D eigenvalue weighted by Gasteiger charge is 2.16. The van der Waals surface area contributed by atoms with E-state index in [2.05, 4.69) is 6.58 Å². The van der Waals surface area contributed by atoms with Crippen molar-refractivity contribution in [2.24, 2.45) is 0 Å². The first kappa shape index (κ1) is 12.2. The maximum Gasteiger partial charge on any atom is 0.334 e. The Labute approximate surface area is 80.4 Å². The molecular weight excluding hydrogens is 166 g/mol. The second kappa shape index (κ2) is 5.75. The first-order valence-electron chi connectivity index (χ1n) is 4.53. The third kappa shape index (κ3) is 4.08. The molecule has 3 nitrogen and oxygen atoms in total. The monoisotopic (exact) mass is 185 g/mol. The van der Waals surface area contributed by atoms with Gasteiger partial charge in [0.2, 0.25) is 0 Å². The molecule has 0 aliphatic rings. The fraction of sp³-hybridized carbons (Fsp3) is 0.700. The number of hydrogen-bond acceptors (Lipinski definition) is 3. The molecule has 0 aromatic carbocycles. The maximum absolute atomic E-state index is 11.3. The first-order valence-corrected chi connectivity index (χ1v) is 4.53. The van der Waals surface area contributed by atoms with Gasteiger partial charge in [-0.1, -0.05) is 13.5 Å². The molecular formula is C10H19NO2. The first-order chi connectivity index (χ1) is 6.00. The van der Waals surface area contributed by atoms with Gasteiger partial charge >= 0.3 is 5.97 Å². The molecule has 3 heteroatoms. The smallest absolute Gasteiger partial charge is 0.334 e. The van der Waals surface area contributed by atoms with Crippen LogP contribution < -0.4 is 0 Å². The van der Waals surface area contributed by atoms with Gasteiger partial charge in [-0.2, -0.15) is 0 Å². The van der Waals surface area contributed by atoms with Gasteiger partial charge in [0.25, 0.3) is 0 Å². The maximum atomic E-state index is 11.3. The lowest BCUT2D eigenvalue weighted by Gasteiger charge is -2.20. The van der Waals surface area contributed by atoms with Crippen molar-refractivity contribution in [3.05, 3.63) is 12.2 Å². The van der Waals surface area contributed by atoms with Crippen molar-refractivity contribution in [1.29, 1.82) is 0 Å². The predicted molar refractivity (Wildman–Crippen MR) is 53.5 cm³/mol. The zero-order valence-corrected chi connectivity index (χ0v) is 8.96. The number of likely N-dealkylation sites (N-methyl/N-ethyl adjacent to an activating group) is 1. The van der Waals surface area contributed by atoms with Gasteiger partial charge in [-0.25, -0.2) is 4.79 Å². The quantitative estimate of drug-likeness (QED) is 0.479. The van der Waals surface area contributed by atoms with Crippen molar-refractivity contribution in [2.75, 3.05) is 20.7 Å². The number of esters is 1. The summed E-state index contributed by atoms with van der Waals surface area (Å²) >= 11 is 0. The van der Waals surface area contributed by atoms with Crippen molar-refractivity contribution in [3.63, 3.8) is 0 Å². The molecule has 0 rings (SSSR count). The van der Waals surface area contributed by atoms with E-state index in [9.17, 15) is 4.79 Å². The lowest BCUT2D eigenvalue weighted by Crippen LogP contribution is -2.30. The van der Waals surface area contributed by atoms with Crippen LogP contribution in [0.1, 0.15) is 20.3 Å². The Morgan fingerprint density at radius 2 is 2.08 bits per heavy atom. The highest BCUT2D eigenvalue weighted by atomic mass is 16.5. The van der Waals surface area contributed by atoms with Crippen LogP contribution in [0, 0.1) is 0 Å². The van der Waals surface area contributed by atoms with Gasteiger partial charge in [0.15, 0.2) is 0 Å². The minimum absolute atomic E-state index is 0.0318. The van der Waals surface area contributed by atoms with E-state index in [1.165, 1.54) is 0 Å². The van der Waals surface area contributed by atoms with E-state index in [1.807, 2.05) is 32.8 Å². The summed E-state index contributed by atoms with van der Waals surface area (Å²) in [5.41, 5.74) is 0.512. The van der Waals surface area contributed by atoms with Gasteiger partial charge < -0.3 is 9.64 Å². The fourth-order valence-electron chi connectivity index (χ4n) is 0.770. The van der Waals surface area contributed by atoms with E-state index < -0.39 is 0 Å². The highest BCUT2D eigenvalue weighted by molar-refractivity contribution is 5.88. The SMILES string of the molecule is C=C(C(=O)OCCC)C(C)N(C)C. The summed E-state index contributed by atoms with van der Waals surface area (Å²) in [6, 6.07) is 0.0318. The van der Waals surface area contributed by atoms with Crippen molar-refractivity contribution in [1.82, 2.24) is 4.90 Å². The number of carbonyl (C=O) groups is 1. The second-order valence-corrected chi connectivity index (χ2v) is 3.30. The van der Waals surface area contributed by atoms with Crippen LogP contribution in [0.25, 0.3) is 0 Å². The van der Waals surface area contributed by atoms with Crippen molar-refractivity contribution < 1.29 is 9.53 Å². The summed E-state index contributed by atoms with van der Waals surface area (Å²) in [6.07, 6.45) is 0.843. The molecule has 0 radical (unpaired) electrons. The van der Waals surface area contributed by atoms with E-state index in [-0.39, 0.29) is 12.0 Å². The topological polar surface area (TPSA) is 29.5 Å². The van der Waals surface area contributed by atoms with Gasteiger partial charge in [-0.15, -0.1) is 0 Å². The van der Waals surface area contributed by atoms with Crippen LogP contribution in [0.5, 0.6) is 0 Å². The number of carbonyl (C=O) groups excluding carboxylic acids is 1. The minimum Gasteiger partial charge on any atom is -0.462 e. The van der Waals surface area contributed by atoms with Crippen molar-refractivity contribution in [3.8, 4) is 0 Å². The van der Waals surface area contributed by atoms with Crippen LogP contribution in [0.3, 0.4) is 0 Å². The van der Waals surface area contributed by atoms with Crippen molar-refractivity contribution in [2.45, 2.75) is 26.3 Å². The third-order valence-electron chi connectivity index (χ3n) is 1.98. The molecule has 0 aromatic heterocycles. The van der Waals surface area contributed by atoms with Gasteiger partial charge in [0.05, 0.1) is 6.61 Å². The normalized spacial score (nSPS) is 12.7. The molecule has 0 aromatic rings. The van der Waals surface area contributed by atoms with Gasteiger partial charge in [-0.05, 0) is 27.4 Å². The van der Waals surface area contributed by atoms with Crippen LogP contribution in [-0.2, 0) is 9.53 Å². The molecule has 76 valence electrons. The molecule has 0 bridgehead atoms. The van der Waals surface area contributed by atoms with Crippen LogP contribution in [-0.4, -0.2) is 37.6 Å². The van der Waals surface area contributed by atoms with Gasteiger partial charge in [0.1, 0.15) is 0 Å². The lowest BCUT2D eigenvalue weighted by atomic mass is 10.1. The lowest BCUT2D eigenvalue weighted by molar-refractivity contribution is -0.139. The molecule has 0 amide bonds. The molecule has 0 aliphatic carbocycles. The molecule has 0 saturated heterocycles. The molecule has 0 saturated carbocycles. The predicted octanol–water partition coefficient (Wildman–Crippen LogP) is 1.45. The van der Waals surface area contributed by atoms with E-state index in [0.717, 1.165) is 6.42 Å². The molecule has 0 fully saturated rings. The number of nitrogens with zero attached hydrogens (tertiary/aromatic N) is 1. The summed E-state index contributed by atoms with van der Waals surface area (Å²) < 4.78 is 4.96. The molecule has 13 heavy (non-hydrogen) atoms. The number of ether oxygens (including phenoxy) is 1. The van der Waals surface area contributed by atoms with Gasteiger partial charge in [-0.3, -0.25) is 0 Å². The minimum atomic E-state index is -0.289. The van der Waals surface area contributed by atoms with Crippen LogP contribution in [0.2, 0.25) is 0 Å². The Balaban J connectivity index is 4.02. The van der Waals surface area contributed by atoms with E-state index in [4.69, 9.17) is 4.74 Å². The van der Waals surface area contributed by atoms with Gasteiger partial charge in [0, 0.05) is 11.6 Å². The number of rotatable bonds is 5. The largest absolute Gasteiger partial charge is 0.462 e. The summed E-state index contributed by atoms with van der Waals surface area (Å²) in [7, 11) is 3.81. The van der Waals surface area contributed by atoms with Crippen LogP contribution in [0.4, 0.5) is 0 Å². The average molecular weight is 185 g/mol. The molecule has 0 N–H and O–H groups in total. The Hall–Kier alpha value is -0.830. The second-order valence-electron chi connectivity index (χ2n) is 3.30. The van der Waals surface area contributed by atoms with Crippen LogP contribution >= 0.6 is 0 Å². The molecule has 1 atom stereocenters.